The molecule has 94 valence electrons. The summed E-state index contributed by atoms with van der Waals surface area (Å²) in [5.41, 5.74) is 13.4. The van der Waals surface area contributed by atoms with Gasteiger partial charge in [0.2, 0.25) is 0 Å². The molecule has 9 nitrogen and oxygen atoms in total. The molecular formula is C9H10N6O3. The summed E-state index contributed by atoms with van der Waals surface area (Å²) in [5, 5.41) is 12.5. The SMILES string of the molecule is [N-]=[N+]=NC1=C[C@H](n2ccc(N)nc2=O)O[C@@H]1CO. The van der Waals surface area contributed by atoms with Crippen molar-refractivity contribution < 1.29 is 9.84 Å². The number of hydrogen-bond donors (Lipinski definition) is 2. The van der Waals surface area contributed by atoms with E-state index in [2.05, 4.69) is 15.0 Å². The number of aliphatic hydroxyl groups excluding tert-OH is 1. The van der Waals surface area contributed by atoms with Crippen molar-refractivity contribution in [1.82, 2.24) is 9.55 Å². The fourth-order valence-electron chi connectivity index (χ4n) is 1.58. The standard InChI is InChI=1S/C9H10N6O3/c10-7-1-2-15(9(17)12-7)8-3-5(13-14-11)6(4-16)18-8/h1-3,6,8,16H,4H2,(H2,10,12,17)/t6-,8-/m1/s1. The molecular weight excluding hydrogens is 240 g/mol. The molecule has 0 aliphatic carbocycles. The minimum atomic E-state index is -0.775. The van der Waals surface area contributed by atoms with Gasteiger partial charge in [0.25, 0.3) is 0 Å². The first kappa shape index (κ1) is 12.1. The maximum Gasteiger partial charge on any atom is 0.351 e. The van der Waals surface area contributed by atoms with E-state index in [1.54, 1.807) is 0 Å². The maximum atomic E-state index is 11.6. The molecule has 0 bridgehead atoms. The van der Waals surface area contributed by atoms with E-state index in [0.717, 1.165) is 0 Å². The minimum Gasteiger partial charge on any atom is -0.393 e. The third kappa shape index (κ3) is 2.18. The summed E-state index contributed by atoms with van der Waals surface area (Å²) < 4.78 is 6.54. The molecule has 2 heterocycles. The van der Waals surface area contributed by atoms with Crippen LogP contribution < -0.4 is 11.4 Å². The second kappa shape index (κ2) is 4.88. The summed E-state index contributed by atoms with van der Waals surface area (Å²) in [6.07, 6.45) is 1.33. The second-order valence-electron chi connectivity index (χ2n) is 3.52. The molecule has 1 aliphatic heterocycles. The lowest BCUT2D eigenvalue weighted by atomic mass is 10.3. The maximum absolute atomic E-state index is 11.6. The van der Waals surface area contributed by atoms with Crippen LogP contribution in [0.2, 0.25) is 0 Å². The molecule has 18 heavy (non-hydrogen) atoms. The summed E-state index contributed by atoms with van der Waals surface area (Å²) in [7, 11) is 0. The first-order valence-electron chi connectivity index (χ1n) is 5.03. The molecule has 0 spiro atoms. The molecule has 0 saturated heterocycles. The average molecular weight is 250 g/mol. The van der Waals surface area contributed by atoms with Gasteiger partial charge in [0.05, 0.1) is 6.61 Å². The number of anilines is 1. The zero-order chi connectivity index (χ0) is 13.1. The summed E-state index contributed by atoms with van der Waals surface area (Å²) in [5.74, 6) is 0.104. The van der Waals surface area contributed by atoms with E-state index in [1.165, 1.54) is 22.9 Å². The Kier molecular flexibility index (Phi) is 3.28. The van der Waals surface area contributed by atoms with E-state index in [0.29, 0.717) is 0 Å². The third-order valence-corrected chi connectivity index (χ3v) is 2.40. The number of nitrogens with two attached hydrogens (primary N) is 1. The van der Waals surface area contributed by atoms with Gasteiger partial charge in [0, 0.05) is 16.8 Å². The molecule has 2 rings (SSSR count). The van der Waals surface area contributed by atoms with Crippen molar-refractivity contribution in [3.05, 3.63) is 45.0 Å². The number of azide groups is 1. The Labute approximate surface area is 101 Å². The first-order chi connectivity index (χ1) is 8.65. The van der Waals surface area contributed by atoms with Gasteiger partial charge in [-0.05, 0) is 17.7 Å². The molecule has 2 atom stereocenters. The number of aromatic nitrogens is 2. The van der Waals surface area contributed by atoms with Gasteiger partial charge < -0.3 is 15.6 Å². The van der Waals surface area contributed by atoms with Crippen LogP contribution in [0.15, 0.2) is 33.9 Å². The average Bonchev–Trinajstić information content (AvgIpc) is 2.72. The molecule has 0 aromatic carbocycles. The lowest BCUT2D eigenvalue weighted by Crippen LogP contribution is -2.28. The predicted octanol–water partition coefficient (Wildman–Crippen LogP) is -0.0906. The molecule has 0 fully saturated rings. The van der Waals surface area contributed by atoms with E-state index in [1.807, 2.05) is 0 Å². The fraction of sp³-hybridized carbons (Fsp3) is 0.333. The van der Waals surface area contributed by atoms with Gasteiger partial charge in [-0.15, -0.1) is 0 Å². The van der Waals surface area contributed by atoms with E-state index in [9.17, 15) is 4.79 Å². The lowest BCUT2D eigenvalue weighted by Gasteiger charge is -2.14. The summed E-state index contributed by atoms with van der Waals surface area (Å²) in [4.78, 5) is 17.8. The van der Waals surface area contributed by atoms with Crippen LogP contribution in [-0.4, -0.2) is 27.4 Å². The van der Waals surface area contributed by atoms with Crippen molar-refractivity contribution in [2.24, 2.45) is 5.11 Å². The Hall–Kier alpha value is -2.35. The van der Waals surface area contributed by atoms with Crippen LogP contribution in [0, 0.1) is 0 Å². The Bertz CT molecular complexity index is 588. The molecule has 1 aliphatic rings. The van der Waals surface area contributed by atoms with Crippen LogP contribution in [-0.2, 0) is 4.74 Å². The van der Waals surface area contributed by atoms with Crippen LogP contribution in [0.4, 0.5) is 5.82 Å². The predicted molar refractivity (Wildman–Crippen MR) is 61.1 cm³/mol. The number of nitrogens with zero attached hydrogens (tertiary/aromatic N) is 5. The molecule has 1 aromatic heterocycles. The molecule has 9 heteroatoms. The van der Waals surface area contributed by atoms with Gasteiger partial charge >= 0.3 is 5.69 Å². The minimum absolute atomic E-state index is 0.104. The molecule has 0 unspecified atom stereocenters. The third-order valence-electron chi connectivity index (χ3n) is 2.40. The Balaban J connectivity index is 2.36. The number of nitrogen functional groups attached to an aromatic ring is 1. The molecule has 1 aromatic rings. The molecule has 0 saturated carbocycles. The summed E-state index contributed by atoms with van der Waals surface area (Å²) in [6.45, 7) is -0.349. The summed E-state index contributed by atoms with van der Waals surface area (Å²) in [6, 6.07) is 1.44. The molecule has 3 N–H and O–H groups in total. The Morgan fingerprint density at radius 1 is 1.72 bits per heavy atom. The zero-order valence-electron chi connectivity index (χ0n) is 9.17. The van der Waals surface area contributed by atoms with Crippen molar-refractivity contribution in [1.29, 1.82) is 0 Å². The smallest absolute Gasteiger partial charge is 0.351 e. The Morgan fingerprint density at radius 2 is 2.50 bits per heavy atom. The van der Waals surface area contributed by atoms with E-state index in [-0.39, 0.29) is 18.1 Å². The number of aliphatic hydroxyl groups is 1. The van der Waals surface area contributed by atoms with Gasteiger partial charge in [0.15, 0.2) is 6.23 Å². The van der Waals surface area contributed by atoms with Crippen molar-refractivity contribution in [2.75, 3.05) is 12.3 Å². The van der Waals surface area contributed by atoms with Crippen molar-refractivity contribution in [3.8, 4) is 0 Å². The van der Waals surface area contributed by atoms with E-state index in [4.69, 9.17) is 21.1 Å². The van der Waals surface area contributed by atoms with Gasteiger partial charge in [-0.2, -0.15) is 4.98 Å². The van der Waals surface area contributed by atoms with Crippen molar-refractivity contribution in [2.45, 2.75) is 12.3 Å². The lowest BCUT2D eigenvalue weighted by molar-refractivity contribution is -0.0141. The van der Waals surface area contributed by atoms with Crippen LogP contribution in [0.25, 0.3) is 10.4 Å². The quantitative estimate of drug-likeness (QED) is 0.438. The van der Waals surface area contributed by atoms with E-state index >= 15 is 0 Å². The van der Waals surface area contributed by atoms with Gasteiger partial charge in [-0.1, -0.05) is 5.11 Å². The highest BCUT2D eigenvalue weighted by Gasteiger charge is 2.27. The first-order valence-corrected chi connectivity index (χ1v) is 5.03. The van der Waals surface area contributed by atoms with Crippen LogP contribution in [0.5, 0.6) is 0 Å². The second-order valence-corrected chi connectivity index (χ2v) is 3.52. The molecule has 0 radical (unpaired) electrons. The zero-order valence-corrected chi connectivity index (χ0v) is 9.17. The van der Waals surface area contributed by atoms with Crippen LogP contribution in [0.3, 0.4) is 0 Å². The highest BCUT2D eigenvalue weighted by molar-refractivity contribution is 5.24. The van der Waals surface area contributed by atoms with Gasteiger partial charge in [0.1, 0.15) is 11.9 Å². The summed E-state index contributed by atoms with van der Waals surface area (Å²) >= 11 is 0. The number of hydrogen-bond acceptors (Lipinski definition) is 6. The van der Waals surface area contributed by atoms with Crippen molar-refractivity contribution in [3.63, 3.8) is 0 Å². The van der Waals surface area contributed by atoms with E-state index < -0.39 is 18.0 Å². The normalized spacial score (nSPS) is 22.4. The highest BCUT2D eigenvalue weighted by Crippen LogP contribution is 2.26. The van der Waals surface area contributed by atoms with Gasteiger partial charge in [-0.3, -0.25) is 4.57 Å². The monoisotopic (exact) mass is 250 g/mol. The fourth-order valence-corrected chi connectivity index (χ4v) is 1.58. The molecule has 0 amide bonds. The number of ether oxygens (including phenoxy) is 1. The largest absolute Gasteiger partial charge is 0.393 e. The van der Waals surface area contributed by atoms with Crippen LogP contribution in [0.1, 0.15) is 6.23 Å². The topological polar surface area (TPSA) is 139 Å². The van der Waals surface area contributed by atoms with Crippen LogP contribution >= 0.6 is 0 Å². The highest BCUT2D eigenvalue weighted by atomic mass is 16.5. The Morgan fingerprint density at radius 3 is 3.11 bits per heavy atom. The van der Waals surface area contributed by atoms with Crippen molar-refractivity contribution >= 4 is 5.82 Å². The van der Waals surface area contributed by atoms with Gasteiger partial charge in [-0.25, -0.2) is 4.79 Å². The number of rotatable bonds is 3.